The Balaban J connectivity index is 1.80. The van der Waals surface area contributed by atoms with Crippen molar-refractivity contribution < 1.29 is 0 Å². The van der Waals surface area contributed by atoms with Crippen LogP contribution in [0.15, 0.2) is 48.5 Å². The van der Waals surface area contributed by atoms with E-state index in [0.29, 0.717) is 0 Å². The monoisotopic (exact) mass is 239 g/mol. The van der Waals surface area contributed by atoms with Crippen LogP contribution < -0.4 is 5.32 Å². The fourth-order valence-electron chi connectivity index (χ4n) is 2.09. The van der Waals surface area contributed by atoms with Gasteiger partial charge in [0, 0.05) is 6.54 Å². The fraction of sp³-hybridized carbons (Fsp3) is 0.294. The summed E-state index contributed by atoms with van der Waals surface area (Å²) in [4.78, 5) is 0. The Bertz CT molecular complexity index is 488. The number of rotatable bonds is 5. The third-order valence-electron chi connectivity index (χ3n) is 3.25. The van der Waals surface area contributed by atoms with Gasteiger partial charge in [-0.15, -0.1) is 0 Å². The summed E-state index contributed by atoms with van der Waals surface area (Å²) in [5, 5.41) is 3.52. The van der Waals surface area contributed by atoms with Gasteiger partial charge in [0.15, 0.2) is 0 Å². The number of hydrogen-bond donors (Lipinski definition) is 1. The van der Waals surface area contributed by atoms with Crippen molar-refractivity contribution in [3.8, 4) is 0 Å². The second-order valence-electron chi connectivity index (χ2n) is 4.84. The second-order valence-corrected chi connectivity index (χ2v) is 4.84. The second kappa shape index (κ2) is 6.36. The average Bonchev–Trinajstić information content (AvgIpc) is 2.40. The first-order chi connectivity index (χ1) is 8.75. The molecular weight excluding hydrogens is 218 g/mol. The molecule has 2 aromatic carbocycles. The lowest BCUT2D eigenvalue weighted by Gasteiger charge is -2.09. The van der Waals surface area contributed by atoms with Crippen LogP contribution >= 0.6 is 0 Å². The molecule has 0 aromatic heterocycles. The third kappa shape index (κ3) is 3.71. The van der Waals surface area contributed by atoms with Crippen LogP contribution in [-0.4, -0.2) is 6.54 Å². The Morgan fingerprint density at radius 2 is 1.72 bits per heavy atom. The molecule has 0 aliphatic rings. The highest BCUT2D eigenvalue weighted by Crippen LogP contribution is 2.10. The molecule has 0 fully saturated rings. The van der Waals surface area contributed by atoms with E-state index >= 15 is 0 Å². The van der Waals surface area contributed by atoms with Crippen molar-refractivity contribution in [3.63, 3.8) is 0 Å². The van der Waals surface area contributed by atoms with Crippen LogP contribution in [0, 0.1) is 13.8 Å². The van der Waals surface area contributed by atoms with Crippen molar-refractivity contribution in [1.29, 1.82) is 0 Å². The zero-order chi connectivity index (χ0) is 12.8. The average molecular weight is 239 g/mol. The molecule has 0 saturated heterocycles. The van der Waals surface area contributed by atoms with E-state index in [1.54, 1.807) is 0 Å². The van der Waals surface area contributed by atoms with E-state index in [9.17, 15) is 0 Å². The molecule has 0 heterocycles. The molecular formula is C17H21N. The molecule has 1 nitrogen and oxygen atoms in total. The van der Waals surface area contributed by atoms with Crippen LogP contribution in [0.4, 0.5) is 0 Å². The molecule has 1 heteroatoms. The lowest BCUT2D eigenvalue weighted by molar-refractivity contribution is 0.684. The van der Waals surface area contributed by atoms with Crippen LogP contribution in [0.1, 0.15) is 22.3 Å². The highest BCUT2D eigenvalue weighted by Gasteiger charge is 1.98. The minimum atomic E-state index is 0.959. The SMILES string of the molecule is Cc1ccc(C)c(CNCCc2ccccc2)c1. The van der Waals surface area contributed by atoms with Gasteiger partial charge in [-0.1, -0.05) is 54.1 Å². The van der Waals surface area contributed by atoms with Gasteiger partial charge in [0.1, 0.15) is 0 Å². The molecule has 0 aliphatic heterocycles. The first-order valence-corrected chi connectivity index (χ1v) is 6.56. The summed E-state index contributed by atoms with van der Waals surface area (Å²) < 4.78 is 0. The molecule has 0 spiro atoms. The first kappa shape index (κ1) is 12.8. The molecule has 1 N–H and O–H groups in total. The van der Waals surface area contributed by atoms with Gasteiger partial charge in [0.25, 0.3) is 0 Å². The summed E-state index contributed by atoms with van der Waals surface area (Å²) in [5.41, 5.74) is 5.50. The Kier molecular flexibility index (Phi) is 4.54. The summed E-state index contributed by atoms with van der Waals surface area (Å²) >= 11 is 0. The van der Waals surface area contributed by atoms with Gasteiger partial charge in [-0.2, -0.15) is 0 Å². The zero-order valence-electron chi connectivity index (χ0n) is 11.2. The molecule has 0 atom stereocenters. The van der Waals surface area contributed by atoms with E-state index in [-0.39, 0.29) is 0 Å². The molecule has 0 amide bonds. The first-order valence-electron chi connectivity index (χ1n) is 6.56. The van der Waals surface area contributed by atoms with Crippen LogP contribution in [0.2, 0.25) is 0 Å². The van der Waals surface area contributed by atoms with Crippen molar-refractivity contribution in [3.05, 3.63) is 70.8 Å². The van der Waals surface area contributed by atoms with E-state index in [1.165, 1.54) is 22.3 Å². The van der Waals surface area contributed by atoms with E-state index in [2.05, 4.69) is 67.7 Å². The number of benzene rings is 2. The Labute approximate surface area is 110 Å². The fourth-order valence-corrected chi connectivity index (χ4v) is 2.09. The van der Waals surface area contributed by atoms with E-state index in [4.69, 9.17) is 0 Å². The Morgan fingerprint density at radius 3 is 2.50 bits per heavy atom. The van der Waals surface area contributed by atoms with Crippen molar-refractivity contribution in [2.24, 2.45) is 0 Å². The molecule has 0 bridgehead atoms. The van der Waals surface area contributed by atoms with Gasteiger partial charge in [-0.25, -0.2) is 0 Å². The highest BCUT2D eigenvalue weighted by molar-refractivity contribution is 5.30. The van der Waals surface area contributed by atoms with Gasteiger partial charge in [0.05, 0.1) is 0 Å². The standard InChI is InChI=1S/C17H21N/c1-14-8-9-15(2)17(12-14)13-18-11-10-16-6-4-3-5-7-16/h3-9,12,18H,10-11,13H2,1-2H3. The quantitative estimate of drug-likeness (QED) is 0.786. The third-order valence-corrected chi connectivity index (χ3v) is 3.25. The molecule has 94 valence electrons. The Hall–Kier alpha value is -1.60. The lowest BCUT2D eigenvalue weighted by Crippen LogP contribution is -2.17. The van der Waals surface area contributed by atoms with Gasteiger partial charge < -0.3 is 5.32 Å². The van der Waals surface area contributed by atoms with Crippen LogP contribution in [0.5, 0.6) is 0 Å². The predicted octanol–water partition coefficient (Wildman–Crippen LogP) is 3.64. The summed E-state index contributed by atoms with van der Waals surface area (Å²) in [5.74, 6) is 0. The molecule has 0 unspecified atom stereocenters. The van der Waals surface area contributed by atoms with Crippen LogP contribution in [0.25, 0.3) is 0 Å². The van der Waals surface area contributed by atoms with Gasteiger partial charge >= 0.3 is 0 Å². The van der Waals surface area contributed by atoms with Gasteiger partial charge in [-0.3, -0.25) is 0 Å². The molecule has 2 aromatic rings. The van der Waals surface area contributed by atoms with Crippen molar-refractivity contribution in [2.45, 2.75) is 26.8 Å². The largest absolute Gasteiger partial charge is 0.312 e. The maximum atomic E-state index is 3.52. The van der Waals surface area contributed by atoms with E-state index in [0.717, 1.165) is 19.5 Å². The smallest absolute Gasteiger partial charge is 0.0208 e. The summed E-state index contributed by atoms with van der Waals surface area (Å²) in [6.45, 7) is 6.30. The van der Waals surface area contributed by atoms with Crippen molar-refractivity contribution in [2.75, 3.05) is 6.54 Å². The number of nitrogens with one attached hydrogen (secondary N) is 1. The summed E-state index contributed by atoms with van der Waals surface area (Å²) in [7, 11) is 0. The van der Waals surface area contributed by atoms with E-state index in [1.807, 2.05) is 0 Å². The topological polar surface area (TPSA) is 12.0 Å². The normalized spacial score (nSPS) is 10.6. The zero-order valence-corrected chi connectivity index (χ0v) is 11.2. The van der Waals surface area contributed by atoms with Crippen LogP contribution in [0.3, 0.4) is 0 Å². The maximum Gasteiger partial charge on any atom is 0.0208 e. The molecule has 2 rings (SSSR count). The predicted molar refractivity (Wildman–Crippen MR) is 77.8 cm³/mol. The van der Waals surface area contributed by atoms with Crippen molar-refractivity contribution in [1.82, 2.24) is 5.32 Å². The summed E-state index contributed by atoms with van der Waals surface area (Å²) in [6.07, 6.45) is 1.09. The summed E-state index contributed by atoms with van der Waals surface area (Å²) in [6, 6.07) is 17.3. The van der Waals surface area contributed by atoms with E-state index < -0.39 is 0 Å². The molecule has 0 saturated carbocycles. The van der Waals surface area contributed by atoms with Crippen LogP contribution in [-0.2, 0) is 13.0 Å². The number of aryl methyl sites for hydroxylation is 2. The van der Waals surface area contributed by atoms with Gasteiger partial charge in [0.2, 0.25) is 0 Å². The molecule has 0 aliphatic carbocycles. The highest BCUT2D eigenvalue weighted by atomic mass is 14.8. The number of hydrogen-bond acceptors (Lipinski definition) is 1. The van der Waals surface area contributed by atoms with Crippen molar-refractivity contribution >= 4 is 0 Å². The molecule has 18 heavy (non-hydrogen) atoms. The minimum absolute atomic E-state index is 0.959. The lowest BCUT2D eigenvalue weighted by atomic mass is 10.1. The van der Waals surface area contributed by atoms with Gasteiger partial charge in [-0.05, 0) is 43.5 Å². The Morgan fingerprint density at radius 1 is 0.944 bits per heavy atom. The minimum Gasteiger partial charge on any atom is -0.312 e. The maximum absolute atomic E-state index is 3.52. The molecule has 0 radical (unpaired) electrons.